The van der Waals surface area contributed by atoms with E-state index in [1.807, 2.05) is 42.5 Å². The summed E-state index contributed by atoms with van der Waals surface area (Å²) in [5.74, 6) is 1.34. The Kier molecular flexibility index (Phi) is 4.66. The van der Waals surface area contributed by atoms with Crippen LogP contribution in [0.1, 0.15) is 18.4 Å². The Balaban J connectivity index is 1.75. The highest BCUT2D eigenvalue weighted by molar-refractivity contribution is 9.10. The van der Waals surface area contributed by atoms with E-state index < -0.39 is 0 Å². The monoisotopic (exact) mass is 390 g/mol. The average molecular weight is 391 g/mol. The molecule has 1 aliphatic rings. The van der Waals surface area contributed by atoms with E-state index in [2.05, 4.69) is 26.6 Å². The molecule has 2 N–H and O–H groups in total. The topological polar surface area (TPSA) is 59.6 Å². The molecule has 2 amide bonds. The van der Waals surface area contributed by atoms with Gasteiger partial charge in [-0.2, -0.15) is 0 Å². The van der Waals surface area contributed by atoms with E-state index in [1.54, 1.807) is 14.2 Å². The van der Waals surface area contributed by atoms with Gasteiger partial charge >= 0.3 is 6.03 Å². The number of anilines is 1. The van der Waals surface area contributed by atoms with Crippen molar-refractivity contribution in [1.29, 1.82) is 0 Å². The number of methoxy groups -OCH3 is 2. The second-order valence-corrected chi connectivity index (χ2v) is 6.57. The number of ether oxygens (including phenoxy) is 2. The number of halogens is 1. The molecule has 0 unspecified atom stereocenters. The third kappa shape index (κ3) is 3.33. The summed E-state index contributed by atoms with van der Waals surface area (Å²) in [5, 5.41) is 5.96. The molecule has 0 heterocycles. The minimum atomic E-state index is -0.342. The van der Waals surface area contributed by atoms with Gasteiger partial charge in [0.1, 0.15) is 0 Å². The van der Waals surface area contributed by atoms with Crippen LogP contribution < -0.4 is 20.1 Å². The lowest BCUT2D eigenvalue weighted by Crippen LogP contribution is -2.38. The molecular weight excluding hydrogens is 372 g/mol. The quantitative estimate of drug-likeness (QED) is 0.800. The summed E-state index contributed by atoms with van der Waals surface area (Å²) >= 11 is 3.43. The highest BCUT2D eigenvalue weighted by Gasteiger charge is 2.46. The SMILES string of the molecule is COc1ccc(C2(NC(=O)Nc3ccccc3Br)CC2)cc1OC. The highest BCUT2D eigenvalue weighted by atomic mass is 79.9. The van der Waals surface area contributed by atoms with E-state index in [0.717, 1.165) is 28.6 Å². The standard InChI is InChI=1S/C18H19BrN2O3/c1-23-15-8-7-12(11-16(15)24-2)18(9-10-18)21-17(22)20-14-6-4-3-5-13(14)19/h3-8,11H,9-10H2,1-2H3,(H2,20,21,22). The van der Waals surface area contributed by atoms with Crippen LogP contribution in [0.4, 0.5) is 10.5 Å². The van der Waals surface area contributed by atoms with E-state index in [1.165, 1.54) is 0 Å². The molecule has 0 atom stereocenters. The first-order chi connectivity index (χ1) is 11.6. The number of carbonyl (C=O) groups excluding carboxylic acids is 1. The summed E-state index contributed by atoms with van der Waals surface area (Å²) in [4.78, 5) is 12.4. The maximum atomic E-state index is 12.4. The summed E-state index contributed by atoms with van der Waals surface area (Å²) < 4.78 is 11.5. The van der Waals surface area contributed by atoms with Gasteiger partial charge in [-0.05, 0) is 58.6 Å². The van der Waals surface area contributed by atoms with Gasteiger partial charge in [0, 0.05) is 4.47 Å². The Morgan fingerprint density at radius 1 is 1.08 bits per heavy atom. The lowest BCUT2D eigenvalue weighted by Gasteiger charge is -2.20. The molecule has 2 aromatic carbocycles. The van der Waals surface area contributed by atoms with Crippen molar-refractivity contribution in [2.24, 2.45) is 0 Å². The molecular formula is C18H19BrN2O3. The Labute approximate surface area is 149 Å². The molecule has 2 aromatic rings. The number of nitrogens with one attached hydrogen (secondary N) is 2. The maximum Gasteiger partial charge on any atom is 0.319 e. The van der Waals surface area contributed by atoms with E-state index in [0.29, 0.717) is 11.5 Å². The predicted molar refractivity (Wildman–Crippen MR) is 96.8 cm³/mol. The van der Waals surface area contributed by atoms with Crippen LogP contribution >= 0.6 is 15.9 Å². The predicted octanol–water partition coefficient (Wildman–Crippen LogP) is 4.28. The van der Waals surface area contributed by atoms with Gasteiger partial charge in [-0.1, -0.05) is 18.2 Å². The molecule has 0 radical (unpaired) electrons. The van der Waals surface area contributed by atoms with Crippen molar-refractivity contribution in [3.05, 3.63) is 52.5 Å². The van der Waals surface area contributed by atoms with Gasteiger partial charge in [0.25, 0.3) is 0 Å². The molecule has 3 rings (SSSR count). The number of para-hydroxylation sites is 1. The Bertz CT molecular complexity index is 760. The minimum absolute atomic E-state index is 0.228. The van der Waals surface area contributed by atoms with Crippen molar-refractivity contribution in [1.82, 2.24) is 5.32 Å². The highest BCUT2D eigenvalue weighted by Crippen LogP contribution is 2.47. The zero-order valence-corrected chi connectivity index (χ0v) is 15.1. The zero-order chi connectivity index (χ0) is 17.2. The molecule has 0 spiro atoms. The molecule has 1 aliphatic carbocycles. The van der Waals surface area contributed by atoms with E-state index >= 15 is 0 Å². The van der Waals surface area contributed by atoms with Gasteiger partial charge in [-0.25, -0.2) is 4.79 Å². The first kappa shape index (κ1) is 16.6. The number of urea groups is 1. The summed E-state index contributed by atoms with van der Waals surface area (Å²) in [6, 6.07) is 13.0. The van der Waals surface area contributed by atoms with Crippen LogP contribution in [-0.2, 0) is 5.54 Å². The fraction of sp³-hybridized carbons (Fsp3) is 0.278. The number of carbonyl (C=O) groups is 1. The molecule has 0 saturated heterocycles. The summed E-state index contributed by atoms with van der Waals surface area (Å²) in [7, 11) is 3.21. The molecule has 0 bridgehead atoms. The molecule has 1 fully saturated rings. The Hall–Kier alpha value is -2.21. The minimum Gasteiger partial charge on any atom is -0.493 e. The van der Waals surface area contributed by atoms with Gasteiger partial charge in [-0.15, -0.1) is 0 Å². The largest absolute Gasteiger partial charge is 0.493 e. The molecule has 1 saturated carbocycles. The maximum absolute atomic E-state index is 12.4. The molecule has 6 heteroatoms. The van der Waals surface area contributed by atoms with Crippen LogP contribution in [0.15, 0.2) is 46.9 Å². The van der Waals surface area contributed by atoms with E-state index in [4.69, 9.17) is 9.47 Å². The van der Waals surface area contributed by atoms with Crippen molar-refractivity contribution >= 4 is 27.6 Å². The van der Waals surface area contributed by atoms with Gasteiger partial charge in [0.15, 0.2) is 11.5 Å². The normalized spacial score (nSPS) is 14.6. The third-order valence-corrected chi connectivity index (χ3v) is 4.85. The lowest BCUT2D eigenvalue weighted by molar-refractivity contribution is 0.247. The van der Waals surface area contributed by atoms with Gasteiger partial charge in [0.05, 0.1) is 25.4 Å². The average Bonchev–Trinajstić information content (AvgIpc) is 3.36. The van der Waals surface area contributed by atoms with Crippen molar-refractivity contribution in [3.8, 4) is 11.5 Å². The molecule has 5 nitrogen and oxygen atoms in total. The van der Waals surface area contributed by atoms with Crippen LogP contribution in [0.2, 0.25) is 0 Å². The lowest BCUT2D eigenvalue weighted by atomic mass is 10.0. The van der Waals surface area contributed by atoms with Crippen LogP contribution in [0.3, 0.4) is 0 Å². The number of hydrogen-bond acceptors (Lipinski definition) is 3. The molecule has 0 aromatic heterocycles. The first-order valence-electron chi connectivity index (χ1n) is 7.64. The van der Waals surface area contributed by atoms with E-state index in [9.17, 15) is 4.79 Å². The van der Waals surface area contributed by atoms with Crippen LogP contribution in [0, 0.1) is 0 Å². The molecule has 24 heavy (non-hydrogen) atoms. The number of hydrogen-bond donors (Lipinski definition) is 2. The van der Waals surface area contributed by atoms with Crippen LogP contribution in [0.25, 0.3) is 0 Å². The fourth-order valence-corrected chi connectivity index (χ4v) is 3.06. The third-order valence-electron chi connectivity index (χ3n) is 4.16. The van der Waals surface area contributed by atoms with Crippen molar-refractivity contribution in [2.75, 3.05) is 19.5 Å². The molecule has 0 aliphatic heterocycles. The van der Waals surface area contributed by atoms with Crippen molar-refractivity contribution < 1.29 is 14.3 Å². The van der Waals surface area contributed by atoms with Gasteiger partial charge in [0.2, 0.25) is 0 Å². The number of benzene rings is 2. The van der Waals surface area contributed by atoms with E-state index in [-0.39, 0.29) is 11.6 Å². The fourth-order valence-electron chi connectivity index (χ4n) is 2.68. The smallest absolute Gasteiger partial charge is 0.319 e. The van der Waals surface area contributed by atoms with Gasteiger partial charge < -0.3 is 20.1 Å². The zero-order valence-electron chi connectivity index (χ0n) is 13.6. The second kappa shape index (κ2) is 6.73. The van der Waals surface area contributed by atoms with Crippen molar-refractivity contribution in [3.63, 3.8) is 0 Å². The summed E-state index contributed by atoms with van der Waals surface area (Å²) in [6.45, 7) is 0. The van der Waals surface area contributed by atoms with Crippen LogP contribution in [-0.4, -0.2) is 20.3 Å². The van der Waals surface area contributed by atoms with Crippen LogP contribution in [0.5, 0.6) is 11.5 Å². The first-order valence-corrected chi connectivity index (χ1v) is 8.43. The number of rotatable bonds is 5. The molecule has 126 valence electrons. The Morgan fingerprint density at radius 3 is 2.42 bits per heavy atom. The summed E-state index contributed by atoms with van der Waals surface area (Å²) in [5.41, 5.74) is 1.41. The Morgan fingerprint density at radius 2 is 1.79 bits per heavy atom. The number of amides is 2. The summed E-state index contributed by atoms with van der Waals surface area (Å²) in [6.07, 6.45) is 1.79. The second-order valence-electron chi connectivity index (χ2n) is 5.71. The van der Waals surface area contributed by atoms with Gasteiger partial charge in [-0.3, -0.25) is 0 Å². The van der Waals surface area contributed by atoms with Crippen molar-refractivity contribution in [2.45, 2.75) is 18.4 Å².